The number of carbonyl (C=O) groups excluding carboxylic acids is 1. The quantitative estimate of drug-likeness (QED) is 0.182. The Balaban J connectivity index is 1.41. The van der Waals surface area contributed by atoms with Crippen LogP contribution in [0.1, 0.15) is 56.4 Å². The fraction of sp³-hybridized carbons (Fsp3) is 0.500. The van der Waals surface area contributed by atoms with Gasteiger partial charge in [-0.2, -0.15) is 0 Å². The molecule has 2 N–H and O–H groups in total. The number of aliphatic carboxylic acids is 1. The normalized spacial score (nSPS) is 19.3. The van der Waals surface area contributed by atoms with Crippen molar-refractivity contribution >= 4 is 40.3 Å². The number of aromatic nitrogens is 2. The summed E-state index contributed by atoms with van der Waals surface area (Å²) in [5.74, 6) is 0.772. The second-order valence-electron chi connectivity index (χ2n) is 8.32. The molecule has 1 aliphatic rings. The van der Waals surface area contributed by atoms with Gasteiger partial charge in [0.2, 0.25) is 5.91 Å². The number of piperidine rings is 1. The van der Waals surface area contributed by atoms with E-state index in [1.165, 1.54) is 0 Å². The van der Waals surface area contributed by atoms with Crippen molar-refractivity contribution in [3.63, 3.8) is 0 Å². The number of nitrogens with zero attached hydrogens (tertiary/aromatic N) is 3. The Morgan fingerprint density at radius 3 is 2.81 bits per heavy atom. The topological polar surface area (TPSA) is 95.4 Å². The molecule has 2 aromatic rings. The molecule has 0 aliphatic carbocycles. The van der Waals surface area contributed by atoms with E-state index in [9.17, 15) is 14.7 Å². The van der Waals surface area contributed by atoms with Gasteiger partial charge in [-0.15, -0.1) is 0 Å². The summed E-state index contributed by atoms with van der Waals surface area (Å²) in [5, 5.41) is 12.5. The van der Waals surface area contributed by atoms with Crippen LogP contribution in [-0.4, -0.2) is 49.0 Å². The molecule has 0 spiro atoms. The number of halogens is 1. The molecule has 0 bridgehead atoms. The summed E-state index contributed by atoms with van der Waals surface area (Å²) in [6, 6.07) is 9.56. The van der Waals surface area contributed by atoms with Crippen molar-refractivity contribution in [1.82, 2.24) is 14.9 Å². The molecule has 1 aliphatic heterocycles. The van der Waals surface area contributed by atoms with E-state index >= 15 is 0 Å². The number of amides is 1. The maximum absolute atomic E-state index is 12.7. The monoisotopic (exact) mass is 550 g/mol. The summed E-state index contributed by atoms with van der Waals surface area (Å²) in [4.78, 5) is 34.4. The Kier molecular flexibility index (Phi) is 9.70. The van der Waals surface area contributed by atoms with Gasteiger partial charge in [0.1, 0.15) is 5.82 Å². The first-order valence-corrected chi connectivity index (χ1v) is 12.5. The third-order valence-electron chi connectivity index (χ3n) is 6.00. The lowest BCUT2D eigenvalue weighted by atomic mass is 9.85. The Morgan fingerprint density at radius 1 is 1.25 bits per heavy atom. The Morgan fingerprint density at radius 2 is 2.12 bits per heavy atom. The minimum Gasteiger partial charge on any atom is -0.481 e. The van der Waals surface area contributed by atoms with Crippen molar-refractivity contribution in [2.24, 2.45) is 5.92 Å². The molecule has 7 nitrogen and oxygen atoms in total. The maximum Gasteiger partial charge on any atom is 0.303 e. The molecular formula is C24H31IN4O3. The van der Waals surface area contributed by atoms with Gasteiger partial charge in [-0.1, -0.05) is 34.7 Å². The van der Waals surface area contributed by atoms with Gasteiger partial charge in [-0.25, -0.2) is 4.98 Å². The van der Waals surface area contributed by atoms with Crippen molar-refractivity contribution in [2.45, 2.75) is 54.9 Å². The molecule has 8 heteroatoms. The molecule has 3 atom stereocenters. The van der Waals surface area contributed by atoms with Crippen LogP contribution in [0.5, 0.6) is 0 Å². The zero-order valence-corrected chi connectivity index (χ0v) is 20.4. The number of alkyl halides is 1. The highest BCUT2D eigenvalue weighted by molar-refractivity contribution is 14.1. The maximum atomic E-state index is 12.7. The number of likely N-dealkylation sites (tertiary alicyclic amines) is 1. The second kappa shape index (κ2) is 12.7. The van der Waals surface area contributed by atoms with Crippen molar-refractivity contribution in [3.8, 4) is 0 Å². The molecule has 0 saturated carbocycles. The van der Waals surface area contributed by atoms with Crippen LogP contribution in [0.15, 0.2) is 48.9 Å². The van der Waals surface area contributed by atoms with Gasteiger partial charge < -0.3 is 15.3 Å². The van der Waals surface area contributed by atoms with E-state index in [0.717, 1.165) is 56.6 Å². The Hall–Kier alpha value is -2.23. The molecule has 3 unspecified atom stereocenters. The first kappa shape index (κ1) is 24.4. The summed E-state index contributed by atoms with van der Waals surface area (Å²) in [6.45, 7) is 1.51. The van der Waals surface area contributed by atoms with Crippen molar-refractivity contribution in [3.05, 3.63) is 54.5 Å². The van der Waals surface area contributed by atoms with Crippen LogP contribution in [0.3, 0.4) is 0 Å². The average molecular weight is 550 g/mol. The molecule has 0 aromatic carbocycles. The highest BCUT2D eigenvalue weighted by Gasteiger charge is 2.30. The van der Waals surface area contributed by atoms with Crippen molar-refractivity contribution < 1.29 is 14.7 Å². The van der Waals surface area contributed by atoms with Crippen molar-refractivity contribution in [2.75, 3.05) is 18.4 Å². The number of anilines is 1. The second-order valence-corrected chi connectivity index (χ2v) is 9.75. The highest BCUT2D eigenvalue weighted by atomic mass is 127. The molecule has 1 amide bonds. The van der Waals surface area contributed by atoms with Crippen LogP contribution in [-0.2, 0) is 9.59 Å². The number of carboxylic acids is 1. The van der Waals surface area contributed by atoms with E-state index in [4.69, 9.17) is 0 Å². The number of carboxylic acid groups (broad SMARTS) is 1. The lowest BCUT2D eigenvalue weighted by Crippen LogP contribution is -2.43. The van der Waals surface area contributed by atoms with Gasteiger partial charge in [0.25, 0.3) is 0 Å². The largest absolute Gasteiger partial charge is 0.481 e. The standard InChI is InChI=1S/C24H31IN4O3/c25-21-15-18(8-9-19(16-24(31)32)20-5-3-11-26-17-20)10-14-29(21)23(30)7-4-13-28-22-6-1-2-12-27-22/h1-3,5-6,11-12,17-19,21H,4,7-10,13-16H2,(H,27,28)(H,31,32). The van der Waals surface area contributed by atoms with Gasteiger partial charge in [0, 0.05) is 38.1 Å². The number of hydrogen-bond donors (Lipinski definition) is 2. The smallest absolute Gasteiger partial charge is 0.303 e. The summed E-state index contributed by atoms with van der Waals surface area (Å²) >= 11 is 2.38. The lowest BCUT2D eigenvalue weighted by molar-refractivity contribution is -0.137. The van der Waals surface area contributed by atoms with Gasteiger partial charge in [-0.05, 0) is 67.7 Å². The molecule has 32 heavy (non-hydrogen) atoms. The fourth-order valence-electron chi connectivity index (χ4n) is 4.24. The number of hydrogen-bond acceptors (Lipinski definition) is 5. The first-order valence-electron chi connectivity index (χ1n) is 11.2. The number of nitrogens with one attached hydrogen (secondary N) is 1. The van der Waals surface area contributed by atoms with Gasteiger partial charge in [0.05, 0.1) is 10.5 Å². The molecule has 1 fully saturated rings. The SMILES string of the molecule is O=C(O)CC(CCC1CCN(C(=O)CCCNc2ccccn2)C(I)C1)c1cccnc1. The van der Waals surface area contributed by atoms with Crippen LogP contribution in [0.2, 0.25) is 0 Å². The molecule has 0 radical (unpaired) electrons. The summed E-state index contributed by atoms with van der Waals surface area (Å²) < 4.78 is 0.193. The predicted molar refractivity (Wildman–Crippen MR) is 133 cm³/mol. The Bertz CT molecular complexity index is 853. The van der Waals surface area contributed by atoms with Gasteiger partial charge in [-0.3, -0.25) is 14.6 Å². The van der Waals surface area contributed by atoms with Crippen LogP contribution in [0.25, 0.3) is 0 Å². The van der Waals surface area contributed by atoms with E-state index in [-0.39, 0.29) is 22.3 Å². The summed E-state index contributed by atoms with van der Waals surface area (Å²) in [5.41, 5.74) is 0.993. The van der Waals surface area contributed by atoms with E-state index < -0.39 is 5.97 Å². The first-order chi connectivity index (χ1) is 15.5. The summed E-state index contributed by atoms with van der Waals surface area (Å²) in [7, 11) is 0. The zero-order chi connectivity index (χ0) is 22.8. The fourth-order valence-corrected chi connectivity index (χ4v) is 5.55. The average Bonchev–Trinajstić information content (AvgIpc) is 2.80. The molecular weight excluding hydrogens is 519 g/mol. The molecule has 3 rings (SSSR count). The third kappa shape index (κ3) is 7.72. The number of pyridine rings is 2. The van der Waals surface area contributed by atoms with E-state index in [1.807, 2.05) is 35.2 Å². The minimum atomic E-state index is -0.774. The highest BCUT2D eigenvalue weighted by Crippen LogP contribution is 2.34. The van der Waals surface area contributed by atoms with E-state index in [1.54, 1.807) is 18.6 Å². The van der Waals surface area contributed by atoms with Crippen LogP contribution in [0.4, 0.5) is 5.82 Å². The van der Waals surface area contributed by atoms with E-state index in [0.29, 0.717) is 12.3 Å². The molecule has 172 valence electrons. The molecule has 3 heterocycles. The third-order valence-corrected chi connectivity index (χ3v) is 7.18. The van der Waals surface area contributed by atoms with Crippen LogP contribution >= 0.6 is 22.6 Å². The minimum absolute atomic E-state index is 0.0138. The van der Waals surface area contributed by atoms with Crippen molar-refractivity contribution in [1.29, 1.82) is 0 Å². The summed E-state index contributed by atoms with van der Waals surface area (Å²) in [6.07, 6.45) is 10.4. The number of carbonyl (C=O) groups is 2. The van der Waals surface area contributed by atoms with E-state index in [2.05, 4.69) is 37.9 Å². The van der Waals surface area contributed by atoms with Crippen LogP contribution in [0, 0.1) is 5.92 Å². The number of rotatable bonds is 11. The predicted octanol–water partition coefficient (Wildman–Crippen LogP) is 4.71. The zero-order valence-electron chi connectivity index (χ0n) is 18.2. The molecule has 2 aromatic heterocycles. The van der Waals surface area contributed by atoms with Crippen LogP contribution < -0.4 is 5.32 Å². The Labute approximate surface area is 203 Å². The lowest BCUT2D eigenvalue weighted by Gasteiger charge is -2.37. The van der Waals surface area contributed by atoms with Gasteiger partial charge in [0.15, 0.2) is 0 Å². The van der Waals surface area contributed by atoms with Gasteiger partial charge >= 0.3 is 5.97 Å². The molecule has 1 saturated heterocycles.